The first-order valence-electron chi connectivity index (χ1n) is 12.9. The number of carbonyl (C=O) groups is 1. The molecule has 2 N–H and O–H groups in total. The topological polar surface area (TPSA) is 115 Å². The second kappa shape index (κ2) is 10.7. The second-order valence-electron chi connectivity index (χ2n) is 10.2. The van der Waals surface area contributed by atoms with E-state index in [-0.39, 0.29) is 11.9 Å². The fourth-order valence-electron chi connectivity index (χ4n) is 4.64. The molecule has 9 nitrogen and oxygen atoms in total. The van der Waals surface area contributed by atoms with Crippen LogP contribution in [0.15, 0.2) is 60.9 Å². The van der Waals surface area contributed by atoms with E-state index in [9.17, 15) is 9.90 Å². The highest BCUT2D eigenvalue weighted by Crippen LogP contribution is 2.30. The third-order valence-electron chi connectivity index (χ3n) is 6.59. The molecule has 1 aliphatic rings. The Morgan fingerprint density at radius 3 is 2.82 bits per heavy atom. The largest absolute Gasteiger partial charge is 0.494 e. The average Bonchev–Trinajstić information content (AvgIpc) is 3.49. The van der Waals surface area contributed by atoms with E-state index in [0.717, 1.165) is 53.2 Å². The Labute approximate surface area is 221 Å². The summed E-state index contributed by atoms with van der Waals surface area (Å²) in [6, 6.07) is 15.4. The summed E-state index contributed by atoms with van der Waals surface area (Å²) >= 11 is 0. The van der Waals surface area contributed by atoms with Gasteiger partial charge >= 0.3 is 0 Å². The summed E-state index contributed by atoms with van der Waals surface area (Å²) in [5, 5.41) is 17.2. The number of fused-ring (bicyclic) bond motifs is 1. The molecule has 1 unspecified atom stereocenters. The number of benzene rings is 1. The monoisotopic (exact) mass is 512 g/mol. The van der Waals surface area contributed by atoms with Gasteiger partial charge in [0.15, 0.2) is 0 Å². The fourth-order valence-corrected chi connectivity index (χ4v) is 4.64. The minimum Gasteiger partial charge on any atom is -0.494 e. The van der Waals surface area contributed by atoms with Gasteiger partial charge in [0.1, 0.15) is 17.4 Å². The molecular weight excluding hydrogens is 480 g/mol. The first kappa shape index (κ1) is 25.5. The molecule has 0 saturated heterocycles. The van der Waals surface area contributed by atoms with Crippen molar-refractivity contribution in [3.63, 3.8) is 0 Å². The molecule has 4 aromatic rings. The molecule has 196 valence electrons. The Morgan fingerprint density at radius 1 is 1.16 bits per heavy atom. The maximum absolute atomic E-state index is 13.0. The standard InChI is InChI=1S/C29H32N6O3/c1-19-8-9-21(38-16-6-13-29(2,3)37)18-22(19)20-12-15-31-25(17-20)32-28(36)27-33-26-11-10-24(35(26)34-27)23-7-4-5-14-30-23/h4-5,7-9,12,14-15,17-18,24,37H,6,10-11,13,16H2,1-3H3,(H,31,32,36). The van der Waals surface area contributed by atoms with Gasteiger partial charge in [0.2, 0.25) is 5.82 Å². The summed E-state index contributed by atoms with van der Waals surface area (Å²) in [5.41, 5.74) is 3.18. The number of aryl methyl sites for hydroxylation is 2. The Bertz CT molecular complexity index is 1430. The third-order valence-corrected chi connectivity index (χ3v) is 6.59. The highest BCUT2D eigenvalue weighted by molar-refractivity contribution is 6.01. The molecular formula is C29H32N6O3. The number of hydrogen-bond donors (Lipinski definition) is 2. The molecule has 0 spiro atoms. The van der Waals surface area contributed by atoms with Crippen molar-refractivity contribution in [2.75, 3.05) is 11.9 Å². The SMILES string of the molecule is Cc1ccc(OCCCC(C)(C)O)cc1-c1ccnc(NC(=O)c2nc3n(n2)C(c2ccccn2)CC3)c1. The van der Waals surface area contributed by atoms with Crippen molar-refractivity contribution < 1.29 is 14.6 Å². The maximum Gasteiger partial charge on any atom is 0.296 e. The lowest BCUT2D eigenvalue weighted by atomic mass is 10.0. The normalized spacial score (nSPS) is 14.8. The molecule has 3 aromatic heterocycles. The lowest BCUT2D eigenvalue weighted by Gasteiger charge is -2.17. The van der Waals surface area contributed by atoms with Gasteiger partial charge in [-0.05, 0) is 93.1 Å². The van der Waals surface area contributed by atoms with Gasteiger partial charge in [-0.15, -0.1) is 5.10 Å². The molecule has 0 saturated carbocycles. The van der Waals surface area contributed by atoms with Crippen molar-refractivity contribution in [1.29, 1.82) is 0 Å². The number of ether oxygens (including phenoxy) is 1. The highest BCUT2D eigenvalue weighted by Gasteiger charge is 2.29. The van der Waals surface area contributed by atoms with E-state index in [1.807, 2.05) is 55.5 Å². The quantitative estimate of drug-likeness (QED) is 0.311. The van der Waals surface area contributed by atoms with Gasteiger partial charge < -0.3 is 15.2 Å². The Kier molecular flexibility index (Phi) is 7.20. The van der Waals surface area contributed by atoms with E-state index in [1.165, 1.54) is 0 Å². The molecule has 1 amide bonds. The van der Waals surface area contributed by atoms with Crippen LogP contribution in [-0.2, 0) is 6.42 Å². The van der Waals surface area contributed by atoms with Crippen LogP contribution in [0.4, 0.5) is 5.82 Å². The number of carbonyl (C=O) groups excluding carboxylic acids is 1. The summed E-state index contributed by atoms with van der Waals surface area (Å²) in [6.45, 7) is 6.14. The number of amides is 1. The second-order valence-corrected chi connectivity index (χ2v) is 10.2. The van der Waals surface area contributed by atoms with Crippen LogP contribution in [-0.4, -0.2) is 48.0 Å². The molecule has 9 heteroatoms. The van der Waals surface area contributed by atoms with Crippen molar-refractivity contribution in [1.82, 2.24) is 24.7 Å². The Morgan fingerprint density at radius 2 is 2.03 bits per heavy atom. The number of aliphatic hydroxyl groups is 1. The predicted molar refractivity (Wildman–Crippen MR) is 144 cm³/mol. The van der Waals surface area contributed by atoms with Crippen LogP contribution in [0.25, 0.3) is 11.1 Å². The van der Waals surface area contributed by atoms with Crippen LogP contribution in [0.5, 0.6) is 5.75 Å². The van der Waals surface area contributed by atoms with Gasteiger partial charge in [0.25, 0.3) is 5.91 Å². The first-order chi connectivity index (χ1) is 18.3. The number of pyridine rings is 2. The van der Waals surface area contributed by atoms with Crippen molar-refractivity contribution in [3.05, 3.63) is 83.8 Å². The van der Waals surface area contributed by atoms with Crippen LogP contribution in [0.1, 0.15) is 66.9 Å². The first-order valence-corrected chi connectivity index (χ1v) is 12.9. The number of aromatic nitrogens is 5. The van der Waals surface area contributed by atoms with E-state index in [4.69, 9.17) is 4.74 Å². The van der Waals surface area contributed by atoms with Crippen LogP contribution in [0.2, 0.25) is 0 Å². The minimum atomic E-state index is -0.702. The molecule has 0 bridgehead atoms. The fraction of sp³-hybridized carbons (Fsp3) is 0.345. The number of anilines is 1. The number of hydrogen-bond acceptors (Lipinski definition) is 7. The summed E-state index contributed by atoms with van der Waals surface area (Å²) in [6.07, 6.45) is 6.45. The average molecular weight is 513 g/mol. The van der Waals surface area contributed by atoms with E-state index >= 15 is 0 Å². The molecule has 0 fully saturated rings. The Hall–Kier alpha value is -4.11. The third kappa shape index (κ3) is 5.89. The molecule has 1 aromatic carbocycles. The van der Waals surface area contributed by atoms with Crippen molar-refractivity contribution in [3.8, 4) is 16.9 Å². The minimum absolute atomic E-state index is 0.0192. The van der Waals surface area contributed by atoms with Gasteiger partial charge in [0, 0.05) is 18.8 Å². The summed E-state index contributed by atoms with van der Waals surface area (Å²) in [4.78, 5) is 26.3. The number of rotatable bonds is 9. The molecule has 38 heavy (non-hydrogen) atoms. The number of nitrogens with zero attached hydrogens (tertiary/aromatic N) is 5. The van der Waals surface area contributed by atoms with E-state index in [1.54, 1.807) is 30.9 Å². The van der Waals surface area contributed by atoms with Crippen LogP contribution >= 0.6 is 0 Å². The van der Waals surface area contributed by atoms with E-state index in [0.29, 0.717) is 18.8 Å². The molecule has 1 atom stereocenters. The summed E-state index contributed by atoms with van der Waals surface area (Å²) in [7, 11) is 0. The zero-order valence-corrected chi connectivity index (χ0v) is 21.9. The van der Waals surface area contributed by atoms with Gasteiger partial charge in [0.05, 0.1) is 23.9 Å². The molecule has 0 aliphatic carbocycles. The molecule has 0 radical (unpaired) electrons. The van der Waals surface area contributed by atoms with Crippen molar-refractivity contribution in [2.24, 2.45) is 0 Å². The van der Waals surface area contributed by atoms with E-state index in [2.05, 4.69) is 25.4 Å². The summed E-state index contributed by atoms with van der Waals surface area (Å²) < 4.78 is 7.72. The lowest BCUT2D eigenvalue weighted by molar-refractivity contribution is 0.0641. The predicted octanol–water partition coefficient (Wildman–Crippen LogP) is 4.76. The Balaban J connectivity index is 1.28. The summed E-state index contributed by atoms with van der Waals surface area (Å²) in [5.74, 6) is 1.66. The zero-order chi connectivity index (χ0) is 26.7. The number of nitrogens with one attached hydrogen (secondary N) is 1. The van der Waals surface area contributed by atoms with Crippen molar-refractivity contribution in [2.45, 2.75) is 58.1 Å². The maximum atomic E-state index is 13.0. The van der Waals surface area contributed by atoms with Gasteiger partial charge in [-0.2, -0.15) is 0 Å². The van der Waals surface area contributed by atoms with Crippen LogP contribution < -0.4 is 10.1 Å². The van der Waals surface area contributed by atoms with Gasteiger partial charge in [-0.1, -0.05) is 12.1 Å². The lowest BCUT2D eigenvalue weighted by Crippen LogP contribution is -2.19. The van der Waals surface area contributed by atoms with E-state index < -0.39 is 11.5 Å². The zero-order valence-electron chi connectivity index (χ0n) is 21.9. The molecule has 5 rings (SSSR count). The van der Waals surface area contributed by atoms with Crippen molar-refractivity contribution >= 4 is 11.7 Å². The van der Waals surface area contributed by atoms with Crippen LogP contribution in [0, 0.1) is 6.92 Å². The molecule has 1 aliphatic heterocycles. The van der Waals surface area contributed by atoms with Crippen LogP contribution in [0.3, 0.4) is 0 Å². The highest BCUT2D eigenvalue weighted by atomic mass is 16.5. The molecule has 4 heterocycles. The van der Waals surface area contributed by atoms with Gasteiger partial charge in [-0.25, -0.2) is 14.6 Å². The smallest absolute Gasteiger partial charge is 0.296 e. The van der Waals surface area contributed by atoms with Gasteiger partial charge in [-0.3, -0.25) is 9.78 Å².